The predicted octanol–water partition coefficient (Wildman–Crippen LogP) is 7.16. The molecule has 0 saturated carbocycles. The van der Waals surface area contributed by atoms with Gasteiger partial charge in [0, 0.05) is 22.5 Å². The van der Waals surface area contributed by atoms with Gasteiger partial charge >= 0.3 is 6.03 Å². The summed E-state index contributed by atoms with van der Waals surface area (Å²) in [7, 11) is 0. The van der Waals surface area contributed by atoms with Gasteiger partial charge in [-0.05, 0) is 66.6 Å². The number of benzene rings is 3. The number of fused-ring (bicyclic) bond motifs is 3. The number of nitrogens with one attached hydrogen (secondary N) is 1. The lowest BCUT2D eigenvalue weighted by Crippen LogP contribution is -2.38. The van der Waals surface area contributed by atoms with Crippen molar-refractivity contribution in [2.75, 3.05) is 5.32 Å². The van der Waals surface area contributed by atoms with E-state index < -0.39 is 6.04 Å². The minimum Gasteiger partial charge on any atom is -0.308 e. The number of amides is 2. The lowest BCUT2D eigenvalue weighted by Gasteiger charge is -2.31. The van der Waals surface area contributed by atoms with E-state index in [-0.39, 0.29) is 11.8 Å². The van der Waals surface area contributed by atoms with Crippen LogP contribution >= 0.6 is 11.6 Å². The summed E-state index contributed by atoms with van der Waals surface area (Å²) >= 11 is 6.18. The molecular weight excluding hydrogens is 501 g/mol. The van der Waals surface area contributed by atoms with Crippen molar-refractivity contribution in [3.05, 3.63) is 131 Å². The highest BCUT2D eigenvalue weighted by molar-refractivity contribution is 6.30. The number of nitrogens with zero attached hydrogens (tertiary/aromatic N) is 4. The molecule has 0 radical (unpaired) electrons. The molecule has 6 rings (SSSR count). The molecule has 2 amide bonds. The summed E-state index contributed by atoms with van der Waals surface area (Å²) in [6.45, 7) is 2.37. The Labute approximate surface area is 224 Å². The van der Waals surface area contributed by atoms with Gasteiger partial charge in [-0.1, -0.05) is 54.9 Å². The molecule has 1 aliphatic heterocycles. The van der Waals surface area contributed by atoms with Crippen LogP contribution in [0.1, 0.15) is 35.5 Å². The molecule has 3 heterocycles. The molecule has 1 atom stereocenters. The van der Waals surface area contributed by atoms with Gasteiger partial charge in [0.2, 0.25) is 0 Å². The number of anilines is 1. The first-order chi connectivity index (χ1) is 18.5. The number of aryl methyl sites for hydroxylation is 1. The van der Waals surface area contributed by atoms with Crippen LogP contribution in [0.2, 0.25) is 5.02 Å². The van der Waals surface area contributed by atoms with Crippen molar-refractivity contribution in [3.8, 4) is 11.5 Å². The lowest BCUT2D eigenvalue weighted by molar-refractivity contribution is 0.194. The maximum Gasteiger partial charge on any atom is 0.322 e. The highest BCUT2D eigenvalue weighted by Crippen LogP contribution is 2.39. The number of aromatic nitrogens is 3. The molecule has 0 spiro atoms. The van der Waals surface area contributed by atoms with Crippen LogP contribution < -0.4 is 5.32 Å². The van der Waals surface area contributed by atoms with Gasteiger partial charge in [-0.3, -0.25) is 0 Å². The second-order valence-corrected chi connectivity index (χ2v) is 9.61. The molecule has 0 fully saturated rings. The summed E-state index contributed by atoms with van der Waals surface area (Å²) < 4.78 is 18.0. The monoisotopic (exact) mass is 525 g/mol. The van der Waals surface area contributed by atoms with Gasteiger partial charge in [0.05, 0.1) is 29.7 Å². The van der Waals surface area contributed by atoms with Crippen molar-refractivity contribution in [1.29, 1.82) is 0 Å². The van der Waals surface area contributed by atoms with E-state index in [0.717, 1.165) is 34.0 Å². The van der Waals surface area contributed by atoms with E-state index in [9.17, 15) is 9.18 Å². The van der Waals surface area contributed by atoms with Crippen molar-refractivity contribution in [3.63, 3.8) is 0 Å². The van der Waals surface area contributed by atoms with Gasteiger partial charge in [-0.15, -0.1) is 0 Å². The minimum absolute atomic E-state index is 0.295. The third-order valence-electron chi connectivity index (χ3n) is 6.83. The molecule has 6 nitrogen and oxygen atoms in total. The average Bonchev–Trinajstić information content (AvgIpc) is 3.51. The fourth-order valence-electron chi connectivity index (χ4n) is 5.11. The zero-order chi connectivity index (χ0) is 26.2. The number of urea groups is 1. The number of hydrogen-bond donors (Lipinski definition) is 1. The summed E-state index contributed by atoms with van der Waals surface area (Å²) in [6.07, 6.45) is 2.69. The Morgan fingerprint density at radius 2 is 1.82 bits per heavy atom. The first-order valence-electron chi connectivity index (χ1n) is 12.5. The average molecular weight is 526 g/mol. The zero-order valence-electron chi connectivity index (χ0n) is 20.7. The summed E-state index contributed by atoms with van der Waals surface area (Å²) in [5.74, 6) is 0.558. The Morgan fingerprint density at radius 3 is 2.55 bits per heavy atom. The van der Waals surface area contributed by atoms with Crippen LogP contribution in [0, 0.1) is 5.82 Å². The zero-order valence-corrected chi connectivity index (χ0v) is 21.4. The molecule has 8 heteroatoms. The number of hydrogen-bond acceptors (Lipinski definition) is 2. The van der Waals surface area contributed by atoms with E-state index in [1.54, 1.807) is 41.3 Å². The SMILES string of the molecule is CCc1nn(-c2ccccc2)c2c1CN(C(=O)Nc1cccc(Cl)c1)[C@H](c1ccc(F)cc1)c1cccn1-2. The Kier molecular flexibility index (Phi) is 6.21. The molecule has 3 aromatic carbocycles. The van der Waals surface area contributed by atoms with Crippen molar-refractivity contribution in [2.24, 2.45) is 0 Å². The fourth-order valence-corrected chi connectivity index (χ4v) is 5.30. The number of para-hydroxylation sites is 1. The third-order valence-corrected chi connectivity index (χ3v) is 7.06. The maximum atomic E-state index is 14.0. The van der Waals surface area contributed by atoms with Gasteiger partial charge in [0.15, 0.2) is 0 Å². The van der Waals surface area contributed by atoms with Gasteiger partial charge in [-0.25, -0.2) is 13.9 Å². The summed E-state index contributed by atoms with van der Waals surface area (Å²) in [6, 6.07) is 26.5. The highest BCUT2D eigenvalue weighted by Gasteiger charge is 2.36. The highest BCUT2D eigenvalue weighted by atomic mass is 35.5. The molecule has 0 saturated heterocycles. The molecular formula is C30H25ClFN5O. The predicted molar refractivity (Wildman–Crippen MR) is 147 cm³/mol. The molecule has 38 heavy (non-hydrogen) atoms. The number of rotatable bonds is 4. The molecule has 5 aromatic rings. The van der Waals surface area contributed by atoms with Gasteiger partial charge < -0.3 is 14.8 Å². The molecule has 2 aromatic heterocycles. The molecule has 0 aliphatic carbocycles. The van der Waals surface area contributed by atoms with Crippen LogP contribution in [0.15, 0.2) is 97.2 Å². The van der Waals surface area contributed by atoms with Crippen molar-refractivity contribution >= 4 is 23.3 Å². The van der Waals surface area contributed by atoms with E-state index in [1.165, 1.54) is 12.1 Å². The Balaban J connectivity index is 1.55. The summed E-state index contributed by atoms with van der Waals surface area (Å²) in [4.78, 5) is 15.7. The van der Waals surface area contributed by atoms with Crippen molar-refractivity contribution in [2.45, 2.75) is 25.9 Å². The second-order valence-electron chi connectivity index (χ2n) is 9.18. The van der Waals surface area contributed by atoms with Crippen LogP contribution in [-0.4, -0.2) is 25.3 Å². The smallest absolute Gasteiger partial charge is 0.308 e. The molecule has 0 unspecified atom stereocenters. The topological polar surface area (TPSA) is 55.1 Å². The molecule has 0 bridgehead atoms. The lowest BCUT2D eigenvalue weighted by atomic mass is 10.0. The molecule has 190 valence electrons. The Morgan fingerprint density at radius 1 is 1.03 bits per heavy atom. The van der Waals surface area contributed by atoms with Gasteiger partial charge in [0.25, 0.3) is 0 Å². The Hall–Kier alpha value is -4.36. The van der Waals surface area contributed by atoms with E-state index in [1.807, 2.05) is 53.3 Å². The standard InChI is InChI=1S/C30H25ClFN5O/c1-2-26-25-19-36(30(38)33-23-9-6-8-21(31)18-23)28(20-13-15-22(32)16-14-20)27-12-7-17-35(27)29(25)37(34-26)24-10-4-3-5-11-24/h3-18,28H,2,19H2,1H3,(H,33,38)/t28-/m1/s1. The molecule has 1 aliphatic rings. The largest absolute Gasteiger partial charge is 0.322 e. The number of carbonyl (C=O) groups is 1. The van der Waals surface area contributed by atoms with Crippen LogP contribution in [0.4, 0.5) is 14.9 Å². The van der Waals surface area contributed by atoms with Gasteiger partial charge in [0.1, 0.15) is 11.6 Å². The number of halogens is 2. The molecule has 1 N–H and O–H groups in total. The van der Waals surface area contributed by atoms with Gasteiger partial charge in [-0.2, -0.15) is 5.10 Å². The number of carbonyl (C=O) groups excluding carboxylic acids is 1. The normalized spacial score (nSPS) is 14.5. The Bertz CT molecular complexity index is 1610. The van der Waals surface area contributed by atoms with Crippen LogP contribution in [0.5, 0.6) is 0 Å². The first-order valence-corrected chi connectivity index (χ1v) is 12.8. The maximum absolute atomic E-state index is 14.0. The van der Waals surface area contributed by atoms with E-state index in [0.29, 0.717) is 23.7 Å². The van der Waals surface area contributed by atoms with Crippen LogP contribution in [-0.2, 0) is 13.0 Å². The quantitative estimate of drug-likeness (QED) is 0.271. The minimum atomic E-state index is -0.480. The van der Waals surface area contributed by atoms with E-state index >= 15 is 0 Å². The summed E-state index contributed by atoms with van der Waals surface area (Å²) in [5.41, 5.74) is 5.06. The van der Waals surface area contributed by atoms with Crippen molar-refractivity contribution in [1.82, 2.24) is 19.2 Å². The third kappa shape index (κ3) is 4.25. The van der Waals surface area contributed by atoms with E-state index in [4.69, 9.17) is 16.7 Å². The van der Waals surface area contributed by atoms with E-state index in [2.05, 4.69) is 16.8 Å². The van der Waals surface area contributed by atoms with Crippen molar-refractivity contribution < 1.29 is 9.18 Å². The van der Waals surface area contributed by atoms with Crippen LogP contribution in [0.25, 0.3) is 11.5 Å². The fraction of sp³-hybridized carbons (Fsp3) is 0.133. The van der Waals surface area contributed by atoms with Crippen LogP contribution in [0.3, 0.4) is 0 Å². The first kappa shape index (κ1) is 24.0. The second kappa shape index (κ2) is 9.84. The summed E-state index contributed by atoms with van der Waals surface area (Å²) in [5, 5.41) is 8.51.